The van der Waals surface area contributed by atoms with Gasteiger partial charge in [-0.3, -0.25) is 10.3 Å². The summed E-state index contributed by atoms with van der Waals surface area (Å²) in [6.07, 6.45) is 3.84. The van der Waals surface area contributed by atoms with E-state index in [2.05, 4.69) is 15.0 Å². The van der Waals surface area contributed by atoms with Gasteiger partial charge < -0.3 is 9.15 Å². The van der Waals surface area contributed by atoms with Crippen LogP contribution in [0.4, 0.5) is 10.1 Å². The van der Waals surface area contributed by atoms with E-state index in [9.17, 15) is 18.0 Å². The number of hydroxylamine groups is 2. The Labute approximate surface area is 239 Å². The van der Waals surface area contributed by atoms with Crippen LogP contribution in [0.3, 0.4) is 0 Å². The van der Waals surface area contributed by atoms with Gasteiger partial charge in [-0.25, -0.2) is 27.8 Å². The third-order valence-corrected chi connectivity index (χ3v) is 7.15. The molecule has 0 bridgehead atoms. The second kappa shape index (κ2) is 12.0. The number of benzene rings is 3. The maximum Gasteiger partial charge on any atom is 0.163 e. The minimum Gasteiger partial charge on any atom is -0.487 e. The highest BCUT2D eigenvalue weighted by atomic mass is 35.5. The van der Waals surface area contributed by atoms with Gasteiger partial charge in [0.1, 0.15) is 45.2 Å². The Morgan fingerprint density at radius 3 is 2.76 bits per heavy atom. The Bertz CT molecular complexity index is 1990. The van der Waals surface area contributed by atoms with Crippen molar-refractivity contribution in [2.45, 2.75) is 6.61 Å². The average molecular weight is 595 g/mol. The molecule has 12 heteroatoms. The topological polar surface area (TPSA) is 117 Å². The monoisotopic (exact) mass is 594 g/mol. The van der Waals surface area contributed by atoms with Crippen molar-refractivity contribution in [3.8, 4) is 5.75 Å². The molecule has 3 aromatic carbocycles. The van der Waals surface area contributed by atoms with Crippen molar-refractivity contribution in [2.24, 2.45) is 15.0 Å². The van der Waals surface area contributed by atoms with Gasteiger partial charge in [-0.1, -0.05) is 23.7 Å². The van der Waals surface area contributed by atoms with Crippen LogP contribution in [-0.2, 0) is 16.4 Å². The van der Waals surface area contributed by atoms with E-state index in [1.54, 1.807) is 42.5 Å². The molecule has 0 amide bonds. The van der Waals surface area contributed by atoms with Crippen LogP contribution >= 0.6 is 11.6 Å². The fraction of sp³-hybridized carbons (Fsp3) is 0.138. The summed E-state index contributed by atoms with van der Waals surface area (Å²) >= 11 is 6.44. The van der Waals surface area contributed by atoms with Crippen LogP contribution in [0, 0.1) is 16.5 Å². The van der Waals surface area contributed by atoms with Crippen molar-refractivity contribution in [3.63, 3.8) is 0 Å². The van der Waals surface area contributed by atoms with Crippen LogP contribution in [0.15, 0.2) is 92.2 Å². The molecular weight excluding hydrogens is 571 g/mol. The van der Waals surface area contributed by atoms with E-state index in [1.807, 2.05) is 18.2 Å². The van der Waals surface area contributed by atoms with Crippen LogP contribution in [0.2, 0.25) is 5.02 Å². The summed E-state index contributed by atoms with van der Waals surface area (Å²) in [5, 5.41) is 12.5. The van der Waals surface area contributed by atoms with Crippen molar-refractivity contribution in [2.75, 3.05) is 18.6 Å². The van der Waals surface area contributed by atoms with E-state index in [0.717, 1.165) is 16.5 Å². The number of aliphatic imine (C=N–C) groups is 2. The van der Waals surface area contributed by atoms with E-state index in [-0.39, 0.29) is 24.7 Å². The first kappa shape index (κ1) is 28.2. The lowest BCUT2D eigenvalue weighted by Gasteiger charge is -2.10. The number of hydrogen-bond donors (Lipinski definition) is 1. The quantitative estimate of drug-likeness (QED) is 0.306. The third-order valence-electron chi connectivity index (χ3n) is 5.93. The molecule has 41 heavy (non-hydrogen) atoms. The number of fused-ring (bicyclic) bond motifs is 1. The molecule has 0 unspecified atom stereocenters. The molecule has 0 radical (unpaired) electrons. The molecule has 5 rings (SSSR count). The molecule has 9 nitrogen and oxygen atoms in total. The molecule has 1 aromatic heterocycles. The fourth-order valence-corrected chi connectivity index (χ4v) is 4.67. The average Bonchev–Trinajstić information content (AvgIpc) is 3.39. The molecule has 0 aliphatic carbocycles. The van der Waals surface area contributed by atoms with Crippen LogP contribution < -0.4 is 15.5 Å². The maximum absolute atomic E-state index is 13.4. The molecule has 0 saturated carbocycles. The van der Waals surface area contributed by atoms with Crippen molar-refractivity contribution in [3.05, 3.63) is 116 Å². The van der Waals surface area contributed by atoms with Gasteiger partial charge in [-0.15, -0.1) is 0 Å². The predicted molar refractivity (Wildman–Crippen MR) is 153 cm³/mol. The number of halogens is 2. The normalized spacial score (nSPS) is 15.0. The summed E-state index contributed by atoms with van der Waals surface area (Å²) < 4.78 is 47.7. The van der Waals surface area contributed by atoms with Crippen LogP contribution in [0.5, 0.6) is 5.75 Å². The van der Waals surface area contributed by atoms with Gasteiger partial charge in [0, 0.05) is 17.0 Å². The first-order valence-corrected chi connectivity index (χ1v) is 14.8. The highest BCUT2D eigenvalue weighted by molar-refractivity contribution is 7.90. The fourth-order valence-electron chi connectivity index (χ4n) is 3.92. The summed E-state index contributed by atoms with van der Waals surface area (Å²) in [6.45, 7) is 0.0771. The van der Waals surface area contributed by atoms with Gasteiger partial charge in [0.05, 0.1) is 34.6 Å². The van der Waals surface area contributed by atoms with Crippen molar-refractivity contribution in [1.82, 2.24) is 5.06 Å². The lowest BCUT2D eigenvalue weighted by Crippen LogP contribution is -2.22. The molecule has 0 atom stereocenters. The maximum atomic E-state index is 13.4. The van der Waals surface area contributed by atoms with E-state index < -0.39 is 9.84 Å². The van der Waals surface area contributed by atoms with Gasteiger partial charge >= 0.3 is 0 Å². The van der Waals surface area contributed by atoms with Crippen molar-refractivity contribution in [1.29, 1.82) is 0 Å². The number of hydrogen-bond acceptors (Lipinski definition) is 8. The van der Waals surface area contributed by atoms with Crippen molar-refractivity contribution < 1.29 is 27.2 Å². The summed E-state index contributed by atoms with van der Waals surface area (Å²) in [7, 11) is -3.21. The first-order valence-electron chi connectivity index (χ1n) is 12.3. The summed E-state index contributed by atoms with van der Waals surface area (Å²) in [5.41, 5.74) is 2.77. The number of rotatable bonds is 8. The predicted octanol–water partition coefficient (Wildman–Crippen LogP) is 4.15. The first-order chi connectivity index (χ1) is 19.6. The largest absolute Gasteiger partial charge is 0.487 e. The van der Waals surface area contributed by atoms with E-state index in [4.69, 9.17) is 20.8 Å². The zero-order valence-corrected chi connectivity index (χ0v) is 23.3. The van der Waals surface area contributed by atoms with Gasteiger partial charge in [0.25, 0.3) is 0 Å². The Balaban J connectivity index is 1.40. The lowest BCUT2D eigenvalue weighted by atomic mass is 10.1. The lowest BCUT2D eigenvalue weighted by molar-refractivity contribution is -0.0152. The zero-order chi connectivity index (χ0) is 29.0. The van der Waals surface area contributed by atoms with E-state index in [0.29, 0.717) is 49.6 Å². The molecule has 4 aromatic rings. The van der Waals surface area contributed by atoms with Gasteiger partial charge in [-0.05, 0) is 66.2 Å². The van der Waals surface area contributed by atoms with Crippen LogP contribution in [0.25, 0.3) is 6.20 Å². The van der Waals surface area contributed by atoms with Crippen LogP contribution in [-0.4, -0.2) is 49.4 Å². The minimum absolute atomic E-state index is 0.0861. The van der Waals surface area contributed by atoms with E-state index in [1.165, 1.54) is 24.7 Å². The summed E-state index contributed by atoms with van der Waals surface area (Å²) in [6, 6.07) is 20.1. The number of ether oxygens (including phenoxy) is 1. The molecule has 0 saturated heterocycles. The summed E-state index contributed by atoms with van der Waals surface area (Å²) in [4.78, 5) is 13.3. The van der Waals surface area contributed by atoms with Gasteiger partial charge in [-0.2, -0.15) is 0 Å². The Morgan fingerprint density at radius 2 is 1.98 bits per heavy atom. The number of sulfone groups is 1. The number of nitrogens with zero attached hydrogens (tertiary/aromatic N) is 4. The van der Waals surface area contributed by atoms with Gasteiger partial charge in [0.2, 0.25) is 0 Å². The Morgan fingerprint density at radius 1 is 1.12 bits per heavy atom. The smallest absolute Gasteiger partial charge is 0.163 e. The van der Waals surface area contributed by atoms with Gasteiger partial charge in [0.15, 0.2) is 5.84 Å². The Hall–Kier alpha value is -4.32. The standard InChI is InChI=1S/C29H24ClFN4O5S/c1-41(37,38)12-11-35(36)16-23-7-10-27(40-23)20-5-8-26-24(14-20)29(33-18-32-26)34-22-6-9-28(25(30)15-22)39-17-19-3-2-4-21(31)13-19/h2-10,13-16,18,36H,11-12,17H2,1H3. The summed E-state index contributed by atoms with van der Waals surface area (Å²) in [5.74, 6) is 0.325. The minimum atomic E-state index is -3.21. The van der Waals surface area contributed by atoms with Crippen LogP contribution in [0.1, 0.15) is 11.1 Å². The molecule has 0 fully saturated rings. The second-order valence-corrected chi connectivity index (χ2v) is 11.9. The van der Waals surface area contributed by atoms with Crippen molar-refractivity contribution >= 4 is 45.5 Å². The molecule has 1 aliphatic heterocycles. The SMILES string of the molecule is CS(=O)(=O)CCN(O)C=c1ccc(=c2ccc3c(c2)C(=Nc2ccc(OCc4cccc(F)c4)c(Cl)c2)N=CN=3)o1. The highest BCUT2D eigenvalue weighted by Gasteiger charge is 2.11. The molecule has 1 aliphatic rings. The highest BCUT2D eigenvalue weighted by Crippen LogP contribution is 2.30. The molecule has 210 valence electrons. The third kappa shape index (κ3) is 7.46. The molecule has 2 heterocycles. The molecule has 1 N–H and O–H groups in total. The molecule has 0 spiro atoms. The second-order valence-electron chi connectivity index (χ2n) is 9.20. The van der Waals surface area contributed by atoms with E-state index >= 15 is 0 Å². The number of amidine groups is 1. The molecular formula is C29H24ClFN4O5S. The Kier molecular flexibility index (Phi) is 8.29. The zero-order valence-electron chi connectivity index (χ0n) is 21.7. The number of furan rings is 1.